The Balaban J connectivity index is 2.15. The van der Waals surface area contributed by atoms with E-state index in [9.17, 15) is 0 Å². The molecule has 0 N–H and O–H groups in total. The molecular formula is C8H4S4. The average molecular weight is 228 g/mol. The van der Waals surface area contributed by atoms with Gasteiger partial charge in [0.1, 0.15) is 0 Å². The van der Waals surface area contributed by atoms with Gasteiger partial charge in [-0.15, -0.1) is 0 Å². The summed E-state index contributed by atoms with van der Waals surface area (Å²) in [4.78, 5) is 5.71. The molecule has 4 heteroatoms. The van der Waals surface area contributed by atoms with Crippen LogP contribution in [0, 0.1) is 0 Å². The van der Waals surface area contributed by atoms with E-state index in [0.29, 0.717) is 0 Å². The summed E-state index contributed by atoms with van der Waals surface area (Å²) in [5.74, 6) is 0. The molecule has 0 atom stereocenters. The van der Waals surface area contributed by atoms with Crippen LogP contribution in [0.25, 0.3) is 0 Å². The van der Waals surface area contributed by atoms with Crippen LogP contribution in [0.2, 0.25) is 0 Å². The summed E-state index contributed by atoms with van der Waals surface area (Å²) >= 11 is 7.37. The molecule has 3 heterocycles. The third kappa shape index (κ3) is 1.06. The fourth-order valence-corrected chi connectivity index (χ4v) is 5.57. The lowest BCUT2D eigenvalue weighted by Crippen LogP contribution is -1.79. The Hall–Kier alpha value is 0.1000. The van der Waals surface area contributed by atoms with E-state index >= 15 is 0 Å². The summed E-state index contributed by atoms with van der Waals surface area (Å²) in [7, 11) is 0. The van der Waals surface area contributed by atoms with Gasteiger partial charge in [-0.25, -0.2) is 0 Å². The highest BCUT2D eigenvalue weighted by atomic mass is 32.2. The quantitative estimate of drug-likeness (QED) is 0.558. The summed E-state index contributed by atoms with van der Waals surface area (Å²) in [6.07, 6.45) is 0. The molecule has 2 aromatic heterocycles. The summed E-state index contributed by atoms with van der Waals surface area (Å²) in [5.41, 5.74) is 0. The third-order valence-electron chi connectivity index (χ3n) is 1.63. The molecule has 0 bridgehead atoms. The van der Waals surface area contributed by atoms with Crippen LogP contribution in [0.1, 0.15) is 0 Å². The van der Waals surface area contributed by atoms with Gasteiger partial charge in [-0.1, -0.05) is 23.5 Å². The minimum atomic E-state index is 1.43. The Kier molecular flexibility index (Phi) is 1.75. The number of thiophene rings is 2. The van der Waals surface area contributed by atoms with Gasteiger partial charge in [-0.05, 0) is 0 Å². The second-order valence-electron chi connectivity index (χ2n) is 2.40. The van der Waals surface area contributed by atoms with Crippen molar-refractivity contribution in [1.29, 1.82) is 0 Å². The van der Waals surface area contributed by atoms with Crippen LogP contribution in [-0.2, 0) is 0 Å². The lowest BCUT2D eigenvalue weighted by atomic mass is 10.6. The standard InChI is InChI=1S/C8H4S4/c1-5-6(2-9-1)12-8-4-10-3-7(8)11-5/h1-4H. The Labute approximate surface area is 87.0 Å². The Morgan fingerprint density at radius 1 is 0.583 bits per heavy atom. The molecule has 0 fully saturated rings. The fraction of sp³-hybridized carbons (Fsp3) is 0. The van der Waals surface area contributed by atoms with Crippen LogP contribution in [0.5, 0.6) is 0 Å². The van der Waals surface area contributed by atoms with Gasteiger partial charge in [0.25, 0.3) is 0 Å². The van der Waals surface area contributed by atoms with E-state index in [4.69, 9.17) is 0 Å². The minimum absolute atomic E-state index is 1.43. The van der Waals surface area contributed by atoms with Gasteiger partial charge in [-0.2, -0.15) is 22.7 Å². The maximum absolute atomic E-state index is 2.23. The fourth-order valence-electron chi connectivity index (χ4n) is 1.08. The van der Waals surface area contributed by atoms with Gasteiger partial charge >= 0.3 is 0 Å². The molecule has 0 radical (unpaired) electrons. The van der Waals surface area contributed by atoms with Crippen LogP contribution in [0.4, 0.5) is 0 Å². The summed E-state index contributed by atoms with van der Waals surface area (Å²) in [6.45, 7) is 0. The minimum Gasteiger partial charge on any atom is -0.150 e. The van der Waals surface area contributed by atoms with Crippen molar-refractivity contribution in [2.45, 2.75) is 19.6 Å². The Morgan fingerprint density at radius 2 is 0.917 bits per heavy atom. The maximum Gasteiger partial charge on any atom is 0.0369 e. The highest BCUT2D eigenvalue weighted by Crippen LogP contribution is 2.50. The molecule has 3 rings (SSSR count). The predicted molar refractivity (Wildman–Crippen MR) is 56.9 cm³/mol. The summed E-state index contributed by atoms with van der Waals surface area (Å²) in [5, 5.41) is 8.92. The topological polar surface area (TPSA) is 0 Å². The Bertz CT molecular complexity index is 339. The van der Waals surface area contributed by atoms with Crippen LogP contribution >= 0.6 is 46.2 Å². The summed E-state index contributed by atoms with van der Waals surface area (Å²) < 4.78 is 0. The van der Waals surface area contributed by atoms with E-state index < -0.39 is 0 Å². The number of hydrogen-bond donors (Lipinski definition) is 0. The molecule has 0 saturated carbocycles. The molecule has 0 aliphatic carbocycles. The zero-order valence-corrected chi connectivity index (χ0v) is 9.21. The third-order valence-corrected chi connectivity index (χ3v) is 6.20. The maximum atomic E-state index is 2.23. The van der Waals surface area contributed by atoms with E-state index in [2.05, 4.69) is 21.5 Å². The Morgan fingerprint density at radius 3 is 1.25 bits per heavy atom. The lowest BCUT2D eigenvalue weighted by molar-refractivity contribution is 1.23. The normalized spacial score (nSPS) is 14.0. The number of hydrogen-bond acceptors (Lipinski definition) is 4. The second-order valence-corrected chi connectivity index (χ2v) is 6.06. The van der Waals surface area contributed by atoms with Gasteiger partial charge in [-0.3, -0.25) is 0 Å². The van der Waals surface area contributed by atoms with Crippen molar-refractivity contribution in [3.63, 3.8) is 0 Å². The van der Waals surface area contributed by atoms with Crippen LogP contribution in [0.15, 0.2) is 41.1 Å². The smallest absolute Gasteiger partial charge is 0.0369 e. The molecule has 0 spiro atoms. The molecule has 0 saturated heterocycles. The zero-order chi connectivity index (χ0) is 7.97. The monoisotopic (exact) mass is 228 g/mol. The van der Waals surface area contributed by atoms with Gasteiger partial charge in [0.2, 0.25) is 0 Å². The molecule has 0 amide bonds. The van der Waals surface area contributed by atoms with E-state index in [1.165, 1.54) is 19.6 Å². The molecule has 0 aromatic carbocycles. The molecular weight excluding hydrogens is 224 g/mol. The van der Waals surface area contributed by atoms with Crippen molar-refractivity contribution in [1.82, 2.24) is 0 Å². The van der Waals surface area contributed by atoms with Gasteiger partial charge < -0.3 is 0 Å². The molecule has 1 aliphatic rings. The summed E-state index contributed by atoms with van der Waals surface area (Å²) in [6, 6.07) is 0. The van der Waals surface area contributed by atoms with Gasteiger partial charge in [0.05, 0.1) is 0 Å². The first-order valence-corrected chi connectivity index (χ1v) is 6.93. The second kappa shape index (κ2) is 2.80. The first-order valence-electron chi connectivity index (χ1n) is 3.41. The van der Waals surface area contributed by atoms with Crippen molar-refractivity contribution in [2.24, 2.45) is 0 Å². The predicted octanol–water partition coefficient (Wildman–Crippen LogP) is 4.43. The van der Waals surface area contributed by atoms with E-state index in [1.54, 1.807) is 22.7 Å². The highest BCUT2D eigenvalue weighted by molar-refractivity contribution is 8.05. The molecule has 12 heavy (non-hydrogen) atoms. The lowest BCUT2D eigenvalue weighted by Gasteiger charge is -2.09. The van der Waals surface area contributed by atoms with Crippen LogP contribution in [-0.4, -0.2) is 0 Å². The van der Waals surface area contributed by atoms with E-state index in [-0.39, 0.29) is 0 Å². The van der Waals surface area contributed by atoms with Gasteiger partial charge in [0.15, 0.2) is 0 Å². The molecule has 0 nitrogen and oxygen atoms in total. The molecule has 2 aromatic rings. The number of rotatable bonds is 0. The highest BCUT2D eigenvalue weighted by Gasteiger charge is 2.17. The molecule has 60 valence electrons. The van der Waals surface area contributed by atoms with Crippen LogP contribution < -0.4 is 0 Å². The SMILES string of the molecule is c1scc2c1Sc1cscc1S2. The number of fused-ring (bicyclic) bond motifs is 2. The largest absolute Gasteiger partial charge is 0.150 e. The van der Waals surface area contributed by atoms with E-state index in [0.717, 1.165) is 0 Å². The van der Waals surface area contributed by atoms with Gasteiger partial charge in [0, 0.05) is 41.1 Å². The van der Waals surface area contributed by atoms with Crippen molar-refractivity contribution in [2.75, 3.05) is 0 Å². The first kappa shape index (κ1) is 7.50. The zero-order valence-electron chi connectivity index (χ0n) is 5.94. The molecule has 1 aliphatic heterocycles. The average Bonchev–Trinajstić information content (AvgIpc) is 2.64. The van der Waals surface area contributed by atoms with Crippen LogP contribution in [0.3, 0.4) is 0 Å². The molecule has 0 unspecified atom stereocenters. The van der Waals surface area contributed by atoms with Crippen molar-refractivity contribution >= 4 is 46.2 Å². The van der Waals surface area contributed by atoms with Crippen molar-refractivity contribution < 1.29 is 0 Å². The van der Waals surface area contributed by atoms with E-state index in [1.807, 2.05) is 23.5 Å². The van der Waals surface area contributed by atoms with Crippen molar-refractivity contribution in [3.8, 4) is 0 Å². The first-order chi connectivity index (χ1) is 5.93. The van der Waals surface area contributed by atoms with Crippen molar-refractivity contribution in [3.05, 3.63) is 21.5 Å².